The first-order chi connectivity index (χ1) is 16.3. The van der Waals surface area contributed by atoms with Gasteiger partial charge in [-0.25, -0.2) is 0 Å². The van der Waals surface area contributed by atoms with Crippen LogP contribution in [0.1, 0.15) is 62.1 Å². The summed E-state index contributed by atoms with van der Waals surface area (Å²) in [5.41, 5.74) is 2.69. The number of amides is 2. The molecule has 1 atom stereocenters. The zero-order chi connectivity index (χ0) is 24.7. The monoisotopic (exact) mass is 504 g/mol. The largest absolute Gasteiger partial charge is 0.483 e. The molecule has 0 aromatic heterocycles. The van der Waals surface area contributed by atoms with Gasteiger partial charge in [0.05, 0.1) is 0 Å². The highest BCUT2D eigenvalue weighted by atomic mass is 35.5. The molecule has 1 unspecified atom stereocenters. The third kappa shape index (κ3) is 6.67. The quantitative estimate of drug-likeness (QED) is 0.439. The van der Waals surface area contributed by atoms with Gasteiger partial charge >= 0.3 is 0 Å². The van der Waals surface area contributed by atoms with Gasteiger partial charge in [0.15, 0.2) is 6.61 Å². The van der Waals surface area contributed by atoms with Crippen molar-refractivity contribution in [3.8, 4) is 5.75 Å². The fourth-order valence-corrected chi connectivity index (χ4v) is 4.94. The van der Waals surface area contributed by atoms with E-state index in [1.54, 1.807) is 23.1 Å². The van der Waals surface area contributed by atoms with Gasteiger partial charge in [-0.3, -0.25) is 9.59 Å². The molecule has 7 heteroatoms. The Balaban J connectivity index is 1.83. The summed E-state index contributed by atoms with van der Waals surface area (Å²) in [5, 5.41) is 4.09. The van der Waals surface area contributed by atoms with Crippen LogP contribution in [0.3, 0.4) is 0 Å². The summed E-state index contributed by atoms with van der Waals surface area (Å²) in [6.45, 7) is 5.82. The third-order valence-corrected chi connectivity index (χ3v) is 7.34. The molecular formula is C27H34Cl2N2O3. The zero-order valence-electron chi connectivity index (χ0n) is 20.2. The van der Waals surface area contributed by atoms with Crippen molar-refractivity contribution in [1.82, 2.24) is 10.2 Å². The molecule has 0 aliphatic heterocycles. The summed E-state index contributed by atoms with van der Waals surface area (Å²) in [7, 11) is 0. The first-order valence-electron chi connectivity index (χ1n) is 12.0. The maximum Gasteiger partial charge on any atom is 0.261 e. The van der Waals surface area contributed by atoms with Crippen LogP contribution in [0.5, 0.6) is 5.75 Å². The van der Waals surface area contributed by atoms with Gasteiger partial charge < -0.3 is 15.0 Å². The number of ether oxygens (including phenoxy) is 1. The highest BCUT2D eigenvalue weighted by Crippen LogP contribution is 2.28. The molecule has 2 amide bonds. The lowest BCUT2D eigenvalue weighted by Crippen LogP contribution is -2.52. The van der Waals surface area contributed by atoms with Crippen LogP contribution in [0, 0.1) is 13.8 Å². The number of hydrogen-bond acceptors (Lipinski definition) is 3. The van der Waals surface area contributed by atoms with Gasteiger partial charge in [0.25, 0.3) is 5.91 Å². The normalized spacial score (nSPS) is 15.0. The molecule has 2 aromatic rings. The Bertz CT molecular complexity index is 985. The number of hydrogen-bond donors (Lipinski definition) is 1. The van der Waals surface area contributed by atoms with Crippen LogP contribution >= 0.6 is 23.2 Å². The van der Waals surface area contributed by atoms with E-state index < -0.39 is 6.04 Å². The molecule has 0 bridgehead atoms. The molecule has 2 aromatic carbocycles. The van der Waals surface area contributed by atoms with E-state index in [1.807, 2.05) is 39.0 Å². The van der Waals surface area contributed by atoms with Gasteiger partial charge in [-0.1, -0.05) is 67.6 Å². The van der Waals surface area contributed by atoms with E-state index in [-0.39, 0.29) is 31.0 Å². The van der Waals surface area contributed by atoms with Crippen LogP contribution in [-0.2, 0) is 16.1 Å². The Kier molecular flexibility index (Phi) is 9.66. The number of aryl methyl sites for hydroxylation is 1. The van der Waals surface area contributed by atoms with Crippen molar-refractivity contribution in [2.45, 2.75) is 77.9 Å². The Morgan fingerprint density at radius 3 is 2.35 bits per heavy atom. The number of carbonyl (C=O) groups excluding carboxylic acids is 2. The fourth-order valence-electron chi connectivity index (χ4n) is 4.42. The maximum atomic E-state index is 13.5. The van der Waals surface area contributed by atoms with Gasteiger partial charge in [-0.15, -0.1) is 0 Å². The maximum absolute atomic E-state index is 13.5. The number of rotatable bonds is 9. The van der Waals surface area contributed by atoms with Gasteiger partial charge in [-0.05, 0) is 62.4 Å². The summed E-state index contributed by atoms with van der Waals surface area (Å²) in [5.74, 6) is 0.226. The minimum Gasteiger partial charge on any atom is -0.483 e. The van der Waals surface area contributed by atoms with Crippen molar-refractivity contribution < 1.29 is 14.3 Å². The second-order valence-electron chi connectivity index (χ2n) is 8.98. The van der Waals surface area contributed by atoms with Crippen LogP contribution < -0.4 is 10.1 Å². The first kappa shape index (κ1) is 26.4. The van der Waals surface area contributed by atoms with Crippen molar-refractivity contribution in [2.75, 3.05) is 6.61 Å². The summed E-state index contributed by atoms with van der Waals surface area (Å²) in [4.78, 5) is 28.3. The summed E-state index contributed by atoms with van der Waals surface area (Å²) < 4.78 is 5.89. The summed E-state index contributed by atoms with van der Waals surface area (Å²) in [6, 6.07) is 10.5. The topological polar surface area (TPSA) is 58.6 Å². The van der Waals surface area contributed by atoms with Crippen molar-refractivity contribution in [2.24, 2.45) is 0 Å². The molecule has 0 radical (unpaired) electrons. The number of nitrogens with one attached hydrogen (secondary N) is 1. The summed E-state index contributed by atoms with van der Waals surface area (Å²) in [6.07, 6.45) is 5.85. The predicted molar refractivity (Wildman–Crippen MR) is 138 cm³/mol. The van der Waals surface area contributed by atoms with Crippen LogP contribution in [0.4, 0.5) is 0 Å². The Labute approximate surface area is 212 Å². The number of benzene rings is 2. The molecule has 1 saturated carbocycles. The van der Waals surface area contributed by atoms with Gasteiger partial charge in [-0.2, -0.15) is 0 Å². The highest BCUT2D eigenvalue weighted by molar-refractivity contribution is 6.36. The first-order valence-corrected chi connectivity index (χ1v) is 12.8. The van der Waals surface area contributed by atoms with Crippen molar-refractivity contribution in [3.05, 3.63) is 63.1 Å². The predicted octanol–water partition coefficient (Wildman–Crippen LogP) is 6.25. The number of carbonyl (C=O) groups is 2. The van der Waals surface area contributed by atoms with Crippen LogP contribution in [-0.4, -0.2) is 35.4 Å². The van der Waals surface area contributed by atoms with Crippen LogP contribution in [0.15, 0.2) is 36.4 Å². The van der Waals surface area contributed by atoms with Crippen molar-refractivity contribution >= 4 is 35.0 Å². The molecule has 1 aliphatic carbocycles. The molecule has 3 rings (SSSR count). The average molecular weight is 505 g/mol. The molecule has 5 nitrogen and oxygen atoms in total. The SMILES string of the molecule is CCC(C(=O)NC1CCCCC1)N(Cc1c(Cl)cccc1Cl)C(=O)COc1cccc(C)c1C. The molecule has 1 fully saturated rings. The zero-order valence-corrected chi connectivity index (χ0v) is 21.7. The number of halogens is 2. The molecule has 0 heterocycles. The molecule has 0 saturated heterocycles. The van der Waals surface area contributed by atoms with E-state index >= 15 is 0 Å². The smallest absolute Gasteiger partial charge is 0.261 e. The molecule has 34 heavy (non-hydrogen) atoms. The second kappa shape index (κ2) is 12.5. The van der Waals surface area contributed by atoms with Gasteiger partial charge in [0.2, 0.25) is 5.91 Å². The van der Waals surface area contributed by atoms with Crippen LogP contribution in [0.25, 0.3) is 0 Å². The summed E-state index contributed by atoms with van der Waals surface area (Å²) >= 11 is 12.8. The average Bonchev–Trinajstić information content (AvgIpc) is 2.82. The van der Waals surface area contributed by atoms with E-state index in [9.17, 15) is 9.59 Å². The number of nitrogens with zero attached hydrogens (tertiary/aromatic N) is 1. The van der Waals surface area contributed by atoms with E-state index in [4.69, 9.17) is 27.9 Å². The standard InChI is InChI=1S/C27H34Cl2N2O3/c1-4-24(27(33)30-20-11-6-5-7-12-20)31(16-21-22(28)13-9-14-23(21)29)26(32)17-34-25-15-8-10-18(2)19(25)3/h8-10,13-15,20,24H,4-7,11-12,16-17H2,1-3H3,(H,30,33). The molecule has 0 spiro atoms. The lowest BCUT2D eigenvalue weighted by atomic mass is 9.95. The Hall–Kier alpha value is -2.24. The molecule has 1 N–H and O–H groups in total. The molecule has 184 valence electrons. The van der Waals surface area contributed by atoms with Crippen molar-refractivity contribution in [3.63, 3.8) is 0 Å². The van der Waals surface area contributed by atoms with Crippen molar-refractivity contribution in [1.29, 1.82) is 0 Å². The van der Waals surface area contributed by atoms with Crippen LogP contribution in [0.2, 0.25) is 10.0 Å². The minimum atomic E-state index is -0.649. The van der Waals surface area contributed by atoms with E-state index in [1.165, 1.54) is 6.42 Å². The lowest BCUT2D eigenvalue weighted by molar-refractivity contribution is -0.143. The molecular weight excluding hydrogens is 471 g/mol. The van der Waals surface area contributed by atoms with E-state index in [0.29, 0.717) is 27.8 Å². The van der Waals surface area contributed by atoms with E-state index in [0.717, 1.165) is 36.8 Å². The molecule has 1 aliphatic rings. The van der Waals surface area contributed by atoms with Gasteiger partial charge in [0, 0.05) is 28.2 Å². The minimum absolute atomic E-state index is 0.129. The lowest BCUT2D eigenvalue weighted by Gasteiger charge is -2.33. The third-order valence-electron chi connectivity index (χ3n) is 6.63. The Morgan fingerprint density at radius 1 is 1.06 bits per heavy atom. The second-order valence-corrected chi connectivity index (χ2v) is 9.79. The van der Waals surface area contributed by atoms with Gasteiger partial charge in [0.1, 0.15) is 11.8 Å². The highest BCUT2D eigenvalue weighted by Gasteiger charge is 2.31. The Morgan fingerprint density at radius 2 is 1.71 bits per heavy atom. The van der Waals surface area contributed by atoms with E-state index in [2.05, 4.69) is 5.32 Å². The fraction of sp³-hybridized carbons (Fsp3) is 0.481.